The third-order valence-electron chi connectivity index (χ3n) is 4.55. The van der Waals surface area contributed by atoms with E-state index in [1.54, 1.807) is 0 Å². The maximum absolute atomic E-state index is 5.98. The average Bonchev–Trinajstić information content (AvgIpc) is 3.10. The summed E-state index contributed by atoms with van der Waals surface area (Å²) in [6.07, 6.45) is 0.794. The lowest BCUT2D eigenvalue weighted by molar-refractivity contribution is 0.618. The molecule has 0 aliphatic heterocycles. The largest absolute Gasteiger partial charge is 0.364 e. The number of halogens is 1. The molecule has 0 saturated heterocycles. The SMILES string of the molecule is CC(C)Cc1nc(NCc2ccc(Cl)cc2)c2nnn(Cc3ccccc3)c2n1. The minimum absolute atomic E-state index is 0.454. The van der Waals surface area contributed by atoms with Gasteiger partial charge in [-0.1, -0.05) is 73.1 Å². The molecule has 2 heterocycles. The number of nitrogens with zero attached hydrogens (tertiary/aromatic N) is 5. The van der Waals surface area contributed by atoms with Gasteiger partial charge in [0, 0.05) is 18.0 Å². The van der Waals surface area contributed by atoms with Gasteiger partial charge in [0.1, 0.15) is 5.82 Å². The van der Waals surface area contributed by atoms with Crippen molar-refractivity contribution in [3.63, 3.8) is 0 Å². The number of aromatic nitrogens is 5. The van der Waals surface area contributed by atoms with Gasteiger partial charge in [-0.3, -0.25) is 0 Å². The van der Waals surface area contributed by atoms with Gasteiger partial charge in [0.05, 0.1) is 6.54 Å². The van der Waals surface area contributed by atoms with Crippen LogP contribution < -0.4 is 5.32 Å². The first kappa shape index (κ1) is 19.3. The van der Waals surface area contributed by atoms with Gasteiger partial charge in [-0.2, -0.15) is 0 Å². The fraction of sp³-hybridized carbons (Fsp3) is 0.273. The van der Waals surface area contributed by atoms with Crippen LogP contribution in [0.3, 0.4) is 0 Å². The third-order valence-corrected chi connectivity index (χ3v) is 4.80. The number of hydrogen-bond acceptors (Lipinski definition) is 5. The molecule has 0 saturated carbocycles. The van der Waals surface area contributed by atoms with Crippen molar-refractivity contribution in [2.75, 3.05) is 5.32 Å². The van der Waals surface area contributed by atoms with Crippen molar-refractivity contribution in [2.24, 2.45) is 5.92 Å². The summed E-state index contributed by atoms with van der Waals surface area (Å²) in [4.78, 5) is 9.50. The normalized spacial score (nSPS) is 11.3. The average molecular weight is 407 g/mol. The van der Waals surface area contributed by atoms with Gasteiger partial charge in [0.2, 0.25) is 0 Å². The number of hydrogen-bond donors (Lipinski definition) is 1. The molecule has 4 aromatic rings. The molecular formula is C22H23ClN6. The van der Waals surface area contributed by atoms with Crippen LogP contribution in [0.25, 0.3) is 11.2 Å². The van der Waals surface area contributed by atoms with Gasteiger partial charge in [0.15, 0.2) is 17.0 Å². The van der Waals surface area contributed by atoms with Crippen molar-refractivity contribution >= 4 is 28.6 Å². The number of benzene rings is 2. The van der Waals surface area contributed by atoms with Crippen LogP contribution in [0.1, 0.15) is 30.8 Å². The van der Waals surface area contributed by atoms with E-state index in [2.05, 4.69) is 41.6 Å². The smallest absolute Gasteiger partial charge is 0.184 e. The second kappa shape index (κ2) is 8.57. The van der Waals surface area contributed by atoms with Gasteiger partial charge in [0.25, 0.3) is 0 Å². The highest BCUT2D eigenvalue weighted by Crippen LogP contribution is 2.21. The molecule has 1 N–H and O–H groups in total. The summed E-state index contributed by atoms with van der Waals surface area (Å²) >= 11 is 5.98. The molecule has 0 spiro atoms. The molecule has 6 nitrogen and oxygen atoms in total. The standard InChI is InChI=1S/C22H23ClN6/c1-15(2)12-19-25-21(24-13-16-8-10-18(23)11-9-16)20-22(26-19)29(28-27-20)14-17-6-4-3-5-7-17/h3-11,15H,12-14H2,1-2H3,(H,24,25,26). The van der Waals surface area contributed by atoms with Crippen molar-refractivity contribution in [3.8, 4) is 0 Å². The Morgan fingerprint density at radius 2 is 1.72 bits per heavy atom. The lowest BCUT2D eigenvalue weighted by Crippen LogP contribution is -2.09. The zero-order valence-electron chi connectivity index (χ0n) is 16.5. The van der Waals surface area contributed by atoms with Crippen LogP contribution in [0.4, 0.5) is 5.82 Å². The van der Waals surface area contributed by atoms with Crippen molar-refractivity contribution < 1.29 is 0 Å². The van der Waals surface area contributed by atoms with Crippen molar-refractivity contribution in [1.29, 1.82) is 0 Å². The molecule has 2 aromatic heterocycles. The Bertz CT molecular complexity index is 1090. The van der Waals surface area contributed by atoms with Crippen LogP contribution in [-0.4, -0.2) is 25.0 Å². The molecule has 0 aliphatic rings. The summed E-state index contributed by atoms with van der Waals surface area (Å²) in [5, 5.41) is 12.8. The van der Waals surface area contributed by atoms with E-state index in [9.17, 15) is 0 Å². The Balaban J connectivity index is 1.67. The topological polar surface area (TPSA) is 68.5 Å². The molecule has 0 atom stereocenters. The summed E-state index contributed by atoms with van der Waals surface area (Å²) in [7, 11) is 0. The van der Waals surface area contributed by atoms with E-state index in [1.165, 1.54) is 0 Å². The molecule has 148 valence electrons. The lowest BCUT2D eigenvalue weighted by Gasteiger charge is -2.10. The Morgan fingerprint density at radius 1 is 0.966 bits per heavy atom. The van der Waals surface area contributed by atoms with Gasteiger partial charge < -0.3 is 5.32 Å². The second-order valence-corrected chi connectivity index (χ2v) is 7.91. The van der Waals surface area contributed by atoms with Crippen LogP contribution in [0.5, 0.6) is 0 Å². The predicted octanol–water partition coefficient (Wildman–Crippen LogP) is 4.73. The lowest BCUT2D eigenvalue weighted by atomic mass is 10.1. The molecule has 0 fully saturated rings. The quantitative estimate of drug-likeness (QED) is 0.480. The Labute approximate surface area is 175 Å². The number of fused-ring (bicyclic) bond motifs is 1. The summed E-state index contributed by atoms with van der Waals surface area (Å²) in [5.74, 6) is 1.96. The van der Waals surface area contributed by atoms with E-state index in [1.807, 2.05) is 47.1 Å². The number of anilines is 1. The summed E-state index contributed by atoms with van der Waals surface area (Å²) in [5.41, 5.74) is 3.70. The maximum atomic E-state index is 5.98. The summed E-state index contributed by atoms with van der Waals surface area (Å²) in [6.45, 7) is 5.56. The highest BCUT2D eigenvalue weighted by atomic mass is 35.5. The van der Waals surface area contributed by atoms with Crippen LogP contribution in [0.15, 0.2) is 54.6 Å². The van der Waals surface area contributed by atoms with E-state index in [4.69, 9.17) is 21.6 Å². The molecule has 7 heteroatoms. The predicted molar refractivity (Wildman–Crippen MR) is 116 cm³/mol. The van der Waals surface area contributed by atoms with Crippen LogP contribution in [0.2, 0.25) is 5.02 Å². The van der Waals surface area contributed by atoms with E-state index >= 15 is 0 Å². The first-order chi connectivity index (χ1) is 14.1. The van der Waals surface area contributed by atoms with Gasteiger partial charge in [-0.25, -0.2) is 14.6 Å². The van der Waals surface area contributed by atoms with Gasteiger partial charge >= 0.3 is 0 Å². The zero-order valence-corrected chi connectivity index (χ0v) is 17.3. The molecular weight excluding hydrogens is 384 g/mol. The van der Waals surface area contributed by atoms with Crippen LogP contribution in [0, 0.1) is 5.92 Å². The number of nitrogens with one attached hydrogen (secondary N) is 1. The number of rotatable bonds is 7. The van der Waals surface area contributed by atoms with E-state index in [0.29, 0.717) is 30.3 Å². The Morgan fingerprint density at radius 3 is 2.45 bits per heavy atom. The van der Waals surface area contributed by atoms with Gasteiger partial charge in [-0.15, -0.1) is 5.10 Å². The van der Waals surface area contributed by atoms with Crippen molar-refractivity contribution in [2.45, 2.75) is 33.4 Å². The van der Waals surface area contributed by atoms with Gasteiger partial charge in [-0.05, 0) is 29.2 Å². The van der Waals surface area contributed by atoms with E-state index < -0.39 is 0 Å². The highest BCUT2D eigenvalue weighted by Gasteiger charge is 2.15. The fourth-order valence-electron chi connectivity index (χ4n) is 3.13. The summed E-state index contributed by atoms with van der Waals surface area (Å²) < 4.78 is 1.84. The molecule has 0 radical (unpaired) electrons. The minimum atomic E-state index is 0.454. The molecule has 4 rings (SSSR count). The molecule has 2 aromatic carbocycles. The maximum Gasteiger partial charge on any atom is 0.184 e. The van der Waals surface area contributed by atoms with Crippen molar-refractivity contribution in [3.05, 3.63) is 76.6 Å². The van der Waals surface area contributed by atoms with Crippen molar-refractivity contribution in [1.82, 2.24) is 25.0 Å². The van der Waals surface area contributed by atoms with E-state index in [0.717, 1.165) is 34.0 Å². The van der Waals surface area contributed by atoms with Crippen LogP contribution in [-0.2, 0) is 19.5 Å². The Hall–Kier alpha value is -2.99. The molecule has 0 unspecified atom stereocenters. The minimum Gasteiger partial charge on any atom is -0.364 e. The zero-order chi connectivity index (χ0) is 20.2. The van der Waals surface area contributed by atoms with Crippen LogP contribution >= 0.6 is 11.6 Å². The first-order valence-electron chi connectivity index (χ1n) is 9.71. The summed E-state index contributed by atoms with van der Waals surface area (Å²) in [6, 6.07) is 17.9. The first-order valence-corrected chi connectivity index (χ1v) is 10.1. The third kappa shape index (κ3) is 4.71. The molecule has 0 amide bonds. The molecule has 0 bridgehead atoms. The second-order valence-electron chi connectivity index (χ2n) is 7.47. The molecule has 0 aliphatic carbocycles. The highest BCUT2D eigenvalue weighted by molar-refractivity contribution is 6.30. The molecule has 29 heavy (non-hydrogen) atoms. The van der Waals surface area contributed by atoms with E-state index in [-0.39, 0.29) is 0 Å². The Kier molecular flexibility index (Phi) is 5.71. The fourth-order valence-corrected chi connectivity index (χ4v) is 3.26. The monoisotopic (exact) mass is 406 g/mol.